The number of amides is 2. The van der Waals surface area contributed by atoms with Crippen LogP contribution in [0, 0.1) is 0 Å². The van der Waals surface area contributed by atoms with Crippen molar-refractivity contribution in [1.29, 1.82) is 0 Å². The molecule has 0 heterocycles. The molecule has 0 aromatic heterocycles. The van der Waals surface area contributed by atoms with Gasteiger partial charge >= 0.3 is 12.0 Å². The quantitative estimate of drug-likeness (QED) is 0.286. The van der Waals surface area contributed by atoms with Gasteiger partial charge in [-0.1, -0.05) is 75.1 Å². The molecule has 2 aromatic carbocycles. The molecule has 0 radical (unpaired) electrons. The van der Waals surface area contributed by atoms with Crippen molar-refractivity contribution in [3.63, 3.8) is 0 Å². The molecule has 0 aliphatic rings. The molecule has 0 spiro atoms. The summed E-state index contributed by atoms with van der Waals surface area (Å²) < 4.78 is 5.33. The highest BCUT2D eigenvalue weighted by Gasteiger charge is 2.18. The van der Waals surface area contributed by atoms with E-state index in [1.165, 1.54) is 25.3 Å². The van der Waals surface area contributed by atoms with E-state index in [0.717, 1.165) is 35.2 Å². The van der Waals surface area contributed by atoms with E-state index in [4.69, 9.17) is 4.74 Å². The zero-order chi connectivity index (χ0) is 24.1. The van der Waals surface area contributed by atoms with Crippen LogP contribution in [0.3, 0.4) is 0 Å². The van der Waals surface area contributed by atoms with Crippen LogP contribution in [-0.4, -0.2) is 43.4 Å². The van der Waals surface area contributed by atoms with Gasteiger partial charge in [-0.2, -0.15) is 0 Å². The van der Waals surface area contributed by atoms with E-state index in [2.05, 4.69) is 18.8 Å². The maximum absolute atomic E-state index is 12.5. The topological polar surface area (TPSA) is 78.9 Å². The second kappa shape index (κ2) is 14.1. The number of hydrogen-bond donors (Lipinski definition) is 2. The van der Waals surface area contributed by atoms with E-state index in [1.54, 1.807) is 11.9 Å². The normalized spacial score (nSPS) is 11.6. The summed E-state index contributed by atoms with van der Waals surface area (Å²) in [6.45, 7) is 6.62. The lowest BCUT2D eigenvalue weighted by molar-refractivity contribution is -0.149. The van der Waals surface area contributed by atoms with Crippen molar-refractivity contribution in [1.82, 2.24) is 5.32 Å². The van der Waals surface area contributed by atoms with Gasteiger partial charge in [0.2, 0.25) is 0 Å². The highest BCUT2D eigenvalue weighted by molar-refractivity contribution is 5.92. The number of carbonyl (C=O) groups excluding carboxylic acids is 1. The van der Waals surface area contributed by atoms with Crippen molar-refractivity contribution in [2.75, 3.05) is 25.1 Å². The summed E-state index contributed by atoms with van der Waals surface area (Å²) in [5.41, 5.74) is 3.66. The molecule has 0 aliphatic carbocycles. The Labute approximate surface area is 197 Å². The first-order chi connectivity index (χ1) is 16.0. The largest absolute Gasteiger partial charge is 0.479 e. The van der Waals surface area contributed by atoms with Gasteiger partial charge < -0.3 is 15.2 Å². The van der Waals surface area contributed by atoms with Crippen LogP contribution < -0.4 is 10.2 Å². The molecule has 0 unspecified atom stereocenters. The van der Waals surface area contributed by atoms with E-state index in [9.17, 15) is 14.7 Å². The van der Waals surface area contributed by atoms with Crippen LogP contribution in [-0.2, 0) is 16.0 Å². The number of carbonyl (C=O) groups is 2. The fourth-order valence-electron chi connectivity index (χ4n) is 3.50. The van der Waals surface area contributed by atoms with Gasteiger partial charge in [-0.15, -0.1) is 6.58 Å². The number of benzene rings is 2. The zero-order valence-electron chi connectivity index (χ0n) is 19.8. The van der Waals surface area contributed by atoms with Gasteiger partial charge in [0.1, 0.15) is 0 Å². The smallest absolute Gasteiger partial charge is 0.333 e. The number of carboxylic acids is 1. The summed E-state index contributed by atoms with van der Waals surface area (Å²) >= 11 is 0. The summed E-state index contributed by atoms with van der Waals surface area (Å²) in [5.74, 6) is -0.990. The van der Waals surface area contributed by atoms with Crippen LogP contribution >= 0.6 is 0 Å². The molecule has 0 bridgehead atoms. The first kappa shape index (κ1) is 26.1. The van der Waals surface area contributed by atoms with E-state index in [0.29, 0.717) is 6.54 Å². The Bertz CT molecular complexity index is 895. The fraction of sp³-hybridized carbons (Fsp3) is 0.407. The summed E-state index contributed by atoms with van der Waals surface area (Å²) in [6.07, 6.45) is 6.70. The van der Waals surface area contributed by atoms with Gasteiger partial charge in [-0.05, 0) is 35.2 Å². The minimum Gasteiger partial charge on any atom is -0.479 e. The third-order valence-corrected chi connectivity index (χ3v) is 5.49. The molecule has 2 N–H and O–H groups in total. The van der Waals surface area contributed by atoms with Gasteiger partial charge in [0.25, 0.3) is 0 Å². The monoisotopic (exact) mass is 452 g/mol. The van der Waals surface area contributed by atoms with Crippen molar-refractivity contribution >= 4 is 17.7 Å². The lowest BCUT2D eigenvalue weighted by Gasteiger charge is -2.19. The number of anilines is 1. The average molecular weight is 453 g/mol. The Morgan fingerprint density at radius 3 is 2.48 bits per heavy atom. The standard InChI is InChI=1S/C27H36N2O4/c1-4-6-7-8-9-17-28-27(32)29(3)24-12-10-11-23(20-24)22-15-13-21(14-16-22)19-25(26(30)31)33-18-5-2/h5,10-16,20,25H,2,4,6-9,17-19H2,1,3H3,(H,28,32)(H,30,31)/t25-/m1/s1. The molecule has 178 valence electrons. The second-order valence-corrected chi connectivity index (χ2v) is 8.11. The number of aliphatic carboxylic acids is 1. The molecule has 1 atom stereocenters. The van der Waals surface area contributed by atoms with Crippen molar-refractivity contribution in [2.45, 2.75) is 51.6 Å². The van der Waals surface area contributed by atoms with Gasteiger partial charge in [0.05, 0.1) is 6.61 Å². The van der Waals surface area contributed by atoms with E-state index in [1.807, 2.05) is 48.5 Å². The number of rotatable bonds is 14. The molecule has 2 aromatic rings. The molecule has 0 fully saturated rings. The Balaban J connectivity index is 1.98. The summed E-state index contributed by atoms with van der Waals surface area (Å²) in [5, 5.41) is 12.3. The lowest BCUT2D eigenvalue weighted by Crippen LogP contribution is -2.37. The SMILES string of the molecule is C=CCO[C@H](Cc1ccc(-c2cccc(N(C)C(=O)NCCCCCCC)c2)cc1)C(=O)O. The first-order valence-electron chi connectivity index (χ1n) is 11.6. The molecule has 0 saturated carbocycles. The predicted octanol–water partition coefficient (Wildman–Crippen LogP) is 5.67. The Morgan fingerprint density at radius 1 is 1.09 bits per heavy atom. The van der Waals surface area contributed by atoms with Crippen LogP contribution in [0.1, 0.15) is 44.6 Å². The van der Waals surface area contributed by atoms with Crippen molar-refractivity contribution in [3.05, 3.63) is 66.7 Å². The highest BCUT2D eigenvalue weighted by Crippen LogP contribution is 2.25. The Morgan fingerprint density at radius 2 is 1.82 bits per heavy atom. The van der Waals surface area contributed by atoms with E-state index in [-0.39, 0.29) is 19.1 Å². The minimum atomic E-state index is -0.990. The number of carboxylic acid groups (broad SMARTS) is 1. The maximum atomic E-state index is 12.5. The van der Waals surface area contributed by atoms with Crippen molar-refractivity contribution in [3.8, 4) is 11.1 Å². The zero-order valence-corrected chi connectivity index (χ0v) is 19.8. The first-order valence-corrected chi connectivity index (χ1v) is 11.6. The molecule has 33 heavy (non-hydrogen) atoms. The highest BCUT2D eigenvalue weighted by atomic mass is 16.5. The molecule has 2 rings (SSSR count). The molecule has 6 heteroatoms. The molecular formula is C27H36N2O4. The molecule has 2 amide bonds. The van der Waals surface area contributed by atoms with Gasteiger partial charge in [0, 0.05) is 25.7 Å². The summed E-state index contributed by atoms with van der Waals surface area (Å²) in [6, 6.07) is 15.4. The Kier molecular flexibility index (Phi) is 11.2. The number of nitrogens with zero attached hydrogens (tertiary/aromatic N) is 1. The summed E-state index contributed by atoms with van der Waals surface area (Å²) in [7, 11) is 1.77. The van der Waals surface area contributed by atoms with Crippen LogP contribution in [0.2, 0.25) is 0 Å². The van der Waals surface area contributed by atoms with Gasteiger partial charge in [-0.3, -0.25) is 4.90 Å². The van der Waals surface area contributed by atoms with Crippen LogP contribution in [0.15, 0.2) is 61.2 Å². The number of nitrogens with one attached hydrogen (secondary N) is 1. The number of urea groups is 1. The minimum absolute atomic E-state index is 0.114. The van der Waals surface area contributed by atoms with E-state index < -0.39 is 12.1 Å². The lowest BCUT2D eigenvalue weighted by atomic mass is 10.0. The average Bonchev–Trinajstić information content (AvgIpc) is 2.83. The third-order valence-electron chi connectivity index (χ3n) is 5.49. The Hall–Kier alpha value is -3.12. The predicted molar refractivity (Wildman–Crippen MR) is 134 cm³/mol. The number of unbranched alkanes of at least 4 members (excludes halogenated alkanes) is 4. The fourth-order valence-corrected chi connectivity index (χ4v) is 3.50. The maximum Gasteiger partial charge on any atom is 0.333 e. The summed E-state index contributed by atoms with van der Waals surface area (Å²) in [4.78, 5) is 25.5. The van der Waals surface area contributed by atoms with Crippen LogP contribution in [0.4, 0.5) is 10.5 Å². The van der Waals surface area contributed by atoms with E-state index >= 15 is 0 Å². The molecular weight excluding hydrogens is 416 g/mol. The van der Waals surface area contributed by atoms with Crippen molar-refractivity contribution < 1.29 is 19.4 Å². The van der Waals surface area contributed by atoms with Gasteiger partial charge in [0.15, 0.2) is 6.10 Å². The third kappa shape index (κ3) is 8.73. The molecule has 0 aliphatic heterocycles. The van der Waals surface area contributed by atoms with Crippen molar-refractivity contribution in [2.24, 2.45) is 0 Å². The van der Waals surface area contributed by atoms with Crippen LogP contribution in [0.25, 0.3) is 11.1 Å². The molecule has 0 saturated heterocycles. The second-order valence-electron chi connectivity index (χ2n) is 8.11. The van der Waals surface area contributed by atoms with Gasteiger partial charge in [-0.25, -0.2) is 9.59 Å². The number of ether oxygens (including phenoxy) is 1. The molecule has 6 nitrogen and oxygen atoms in total. The van der Waals surface area contributed by atoms with Crippen LogP contribution in [0.5, 0.6) is 0 Å². The number of hydrogen-bond acceptors (Lipinski definition) is 3.